The number of carbonyl (C=O) groups excluding carboxylic acids is 2. The lowest BCUT2D eigenvalue weighted by Gasteiger charge is -2.17. The summed E-state index contributed by atoms with van der Waals surface area (Å²) in [7, 11) is 0. The predicted molar refractivity (Wildman–Crippen MR) is 140 cm³/mol. The number of aromatic carboxylic acids is 1. The third-order valence-corrected chi connectivity index (χ3v) is 6.54. The highest BCUT2D eigenvalue weighted by Crippen LogP contribution is 2.34. The number of benzene rings is 3. The molecule has 3 aromatic carbocycles. The normalized spacial score (nSPS) is 16.5. The molecule has 0 saturated carbocycles. The maximum Gasteiger partial charge on any atom is 0.487 e. The summed E-state index contributed by atoms with van der Waals surface area (Å²) < 4.78 is 30.1. The van der Waals surface area contributed by atoms with Gasteiger partial charge in [0.1, 0.15) is 11.0 Å². The predicted octanol–water partition coefficient (Wildman–Crippen LogP) is 5.71. The third kappa shape index (κ3) is 7.30. The summed E-state index contributed by atoms with van der Waals surface area (Å²) in [6.07, 6.45) is -0.147. The van der Waals surface area contributed by atoms with Crippen molar-refractivity contribution in [1.82, 2.24) is 4.90 Å². The van der Waals surface area contributed by atoms with Gasteiger partial charge in [0.15, 0.2) is 5.17 Å². The largest absolute Gasteiger partial charge is 0.487 e. The van der Waals surface area contributed by atoms with Crippen molar-refractivity contribution in [2.45, 2.75) is 23.8 Å². The summed E-state index contributed by atoms with van der Waals surface area (Å²) in [4.78, 5) is 43.0. The smallest absolute Gasteiger partial charge is 0.478 e. The van der Waals surface area contributed by atoms with Gasteiger partial charge in [0.2, 0.25) is 11.8 Å². The standard InChI is InChI=1S/C26H20ClF2N3O5S/c27-26(28,29)37-20-12-10-19(11-13-20)31-25-32(15-16-4-2-1-3-5-16)23(34)21(38-25)14-22(33)30-18-8-6-17(7-9-18)24(35)36/h1-13,21H,14-15H2,(H,30,33)(H,35,36)/t21-/m1/s1. The van der Waals surface area contributed by atoms with Crippen molar-refractivity contribution in [3.63, 3.8) is 0 Å². The van der Waals surface area contributed by atoms with Gasteiger partial charge in [-0.2, -0.15) is 0 Å². The molecule has 0 radical (unpaired) electrons. The number of carboxylic acid groups (broad SMARTS) is 1. The van der Waals surface area contributed by atoms with Crippen LogP contribution in [0.15, 0.2) is 83.9 Å². The molecule has 3 aromatic rings. The molecule has 2 amide bonds. The van der Waals surface area contributed by atoms with Gasteiger partial charge in [-0.3, -0.25) is 14.5 Å². The van der Waals surface area contributed by atoms with Crippen LogP contribution in [0.5, 0.6) is 5.75 Å². The topological polar surface area (TPSA) is 108 Å². The first-order chi connectivity index (χ1) is 18.1. The summed E-state index contributed by atoms with van der Waals surface area (Å²) in [5.74, 6) is -1.98. The molecule has 0 bridgehead atoms. The van der Waals surface area contributed by atoms with Gasteiger partial charge < -0.3 is 15.2 Å². The zero-order chi connectivity index (χ0) is 27.3. The van der Waals surface area contributed by atoms with Crippen LogP contribution in [0.3, 0.4) is 0 Å². The zero-order valence-electron chi connectivity index (χ0n) is 19.5. The number of alkyl halides is 3. The molecule has 12 heteroatoms. The Bertz CT molecular complexity index is 1350. The van der Waals surface area contributed by atoms with E-state index in [0.29, 0.717) is 16.5 Å². The highest BCUT2D eigenvalue weighted by Gasteiger charge is 2.39. The Balaban J connectivity index is 1.51. The van der Waals surface area contributed by atoms with Crippen LogP contribution in [0, 0.1) is 0 Å². The summed E-state index contributed by atoms with van der Waals surface area (Å²) in [6, 6.07) is 20.3. The minimum Gasteiger partial charge on any atom is -0.478 e. The van der Waals surface area contributed by atoms with Crippen LogP contribution in [0.25, 0.3) is 0 Å². The molecule has 0 unspecified atom stereocenters. The van der Waals surface area contributed by atoms with Crippen molar-refractivity contribution in [2.75, 3.05) is 5.32 Å². The van der Waals surface area contributed by atoms with E-state index in [4.69, 9.17) is 16.7 Å². The second-order valence-corrected chi connectivity index (χ2v) is 9.70. The quantitative estimate of drug-likeness (QED) is 0.325. The number of hydrogen-bond donors (Lipinski definition) is 2. The molecule has 1 saturated heterocycles. The van der Waals surface area contributed by atoms with Crippen molar-refractivity contribution in [3.8, 4) is 5.75 Å². The van der Waals surface area contributed by atoms with E-state index in [1.165, 1.54) is 53.4 Å². The molecule has 196 valence electrons. The number of aliphatic imine (C=N–C) groups is 1. The first kappa shape index (κ1) is 27.1. The van der Waals surface area contributed by atoms with E-state index in [0.717, 1.165) is 17.3 Å². The van der Waals surface area contributed by atoms with Crippen molar-refractivity contribution >= 4 is 57.7 Å². The van der Waals surface area contributed by atoms with E-state index in [1.54, 1.807) is 0 Å². The van der Waals surface area contributed by atoms with Crippen molar-refractivity contribution in [1.29, 1.82) is 0 Å². The monoisotopic (exact) mass is 559 g/mol. The Kier molecular flexibility index (Phi) is 8.28. The highest BCUT2D eigenvalue weighted by atomic mass is 35.5. The van der Waals surface area contributed by atoms with Gasteiger partial charge in [0.05, 0.1) is 17.8 Å². The fourth-order valence-corrected chi connectivity index (χ4v) is 4.79. The van der Waals surface area contributed by atoms with E-state index in [2.05, 4.69) is 15.0 Å². The number of halogens is 3. The summed E-state index contributed by atoms with van der Waals surface area (Å²) >= 11 is 5.91. The molecule has 1 atom stereocenters. The number of carbonyl (C=O) groups is 3. The average Bonchev–Trinajstić information content (AvgIpc) is 3.14. The summed E-state index contributed by atoms with van der Waals surface area (Å²) in [5, 5.41) is 11.3. The van der Waals surface area contributed by atoms with Crippen molar-refractivity contribution in [3.05, 3.63) is 90.0 Å². The van der Waals surface area contributed by atoms with Crippen LogP contribution in [0.4, 0.5) is 20.2 Å². The van der Waals surface area contributed by atoms with E-state index >= 15 is 0 Å². The molecule has 0 spiro atoms. The number of nitrogens with zero attached hydrogens (tertiary/aromatic N) is 2. The van der Waals surface area contributed by atoms with Crippen LogP contribution in [0.2, 0.25) is 0 Å². The Morgan fingerprint density at radius 1 is 1.05 bits per heavy atom. The van der Waals surface area contributed by atoms with E-state index in [9.17, 15) is 23.2 Å². The fraction of sp³-hybridized carbons (Fsp3) is 0.154. The zero-order valence-corrected chi connectivity index (χ0v) is 21.1. The van der Waals surface area contributed by atoms with Crippen molar-refractivity contribution in [2.24, 2.45) is 4.99 Å². The molecular weight excluding hydrogens is 540 g/mol. The number of amidine groups is 1. The van der Waals surface area contributed by atoms with E-state index < -0.39 is 22.7 Å². The Morgan fingerprint density at radius 3 is 2.32 bits per heavy atom. The molecule has 4 rings (SSSR count). The molecule has 8 nitrogen and oxygen atoms in total. The molecule has 0 aliphatic carbocycles. The van der Waals surface area contributed by atoms with Gasteiger partial charge in [0, 0.05) is 23.7 Å². The van der Waals surface area contributed by atoms with E-state index in [1.807, 2.05) is 30.3 Å². The molecule has 1 aliphatic heterocycles. The molecule has 2 N–H and O–H groups in total. The Labute approximate surface area is 225 Å². The number of rotatable bonds is 9. The lowest BCUT2D eigenvalue weighted by atomic mass is 10.2. The van der Waals surface area contributed by atoms with Gasteiger partial charge in [-0.25, -0.2) is 9.79 Å². The maximum atomic E-state index is 13.3. The maximum absolute atomic E-state index is 13.3. The second kappa shape index (κ2) is 11.6. The van der Waals surface area contributed by atoms with Crippen molar-refractivity contribution < 1.29 is 33.0 Å². The fourth-order valence-electron chi connectivity index (χ4n) is 3.55. The Hall–Kier alpha value is -3.96. The minimum absolute atomic E-state index is 0.0814. The van der Waals surface area contributed by atoms with Gasteiger partial charge in [-0.05, 0) is 54.1 Å². The van der Waals surface area contributed by atoms with Gasteiger partial charge in [-0.15, -0.1) is 8.78 Å². The average molecular weight is 560 g/mol. The number of anilines is 1. The third-order valence-electron chi connectivity index (χ3n) is 5.28. The molecule has 1 fully saturated rings. The second-order valence-electron chi connectivity index (χ2n) is 8.09. The van der Waals surface area contributed by atoms with Gasteiger partial charge in [0.25, 0.3) is 0 Å². The summed E-state index contributed by atoms with van der Waals surface area (Å²) in [5.41, 5.74) is -2.13. The van der Waals surface area contributed by atoms with Gasteiger partial charge >= 0.3 is 11.5 Å². The highest BCUT2D eigenvalue weighted by molar-refractivity contribution is 8.15. The number of thioether (sulfide) groups is 1. The number of ether oxygens (including phenoxy) is 1. The number of carboxylic acids is 1. The van der Waals surface area contributed by atoms with Gasteiger partial charge in [-0.1, -0.05) is 42.1 Å². The molecule has 1 heterocycles. The first-order valence-corrected chi connectivity index (χ1v) is 12.4. The SMILES string of the molecule is O=C(C[C@H]1SC(=Nc2ccc(OC(F)(F)Cl)cc2)N(Cc2ccccc2)C1=O)Nc1ccc(C(=O)O)cc1. The van der Waals surface area contributed by atoms with Crippen LogP contribution in [-0.4, -0.2) is 43.8 Å². The van der Waals surface area contributed by atoms with Crippen LogP contribution in [0.1, 0.15) is 22.3 Å². The number of hydrogen-bond acceptors (Lipinski definition) is 6. The summed E-state index contributed by atoms with van der Waals surface area (Å²) in [6.45, 7) is 0.222. The molecule has 1 aliphatic rings. The molecule has 0 aromatic heterocycles. The number of amides is 2. The minimum atomic E-state index is -3.85. The van der Waals surface area contributed by atoms with Crippen LogP contribution in [-0.2, 0) is 16.1 Å². The lowest BCUT2D eigenvalue weighted by molar-refractivity contribution is -0.128. The first-order valence-electron chi connectivity index (χ1n) is 11.2. The Morgan fingerprint density at radius 2 is 1.71 bits per heavy atom. The van der Waals surface area contributed by atoms with E-state index in [-0.39, 0.29) is 30.2 Å². The lowest BCUT2D eigenvalue weighted by Crippen LogP contribution is -2.33. The van der Waals surface area contributed by atoms with Crippen LogP contribution >= 0.6 is 23.4 Å². The molecular formula is C26H20ClF2N3O5S. The molecule has 38 heavy (non-hydrogen) atoms. The van der Waals surface area contributed by atoms with Crippen LogP contribution < -0.4 is 10.1 Å². The number of nitrogens with one attached hydrogen (secondary N) is 1.